The Bertz CT molecular complexity index is 472. The van der Waals surface area contributed by atoms with Gasteiger partial charge in [-0.15, -0.1) is 0 Å². The van der Waals surface area contributed by atoms with E-state index in [9.17, 15) is 9.59 Å². The van der Waals surface area contributed by atoms with Crippen molar-refractivity contribution in [2.45, 2.75) is 40.5 Å². The maximum absolute atomic E-state index is 12.0. The Morgan fingerprint density at radius 2 is 1.68 bits per heavy atom. The first-order valence-corrected chi connectivity index (χ1v) is 6.29. The molecule has 104 valence electrons. The van der Waals surface area contributed by atoms with E-state index in [-0.39, 0.29) is 18.7 Å². The molecule has 0 radical (unpaired) electrons. The fraction of sp³-hybridized carbons (Fsp3) is 0.467. The molecule has 0 aromatic heterocycles. The van der Waals surface area contributed by atoms with E-state index in [2.05, 4.69) is 5.32 Å². The molecule has 1 aromatic carbocycles. The Kier molecular flexibility index (Phi) is 4.70. The molecule has 4 nitrogen and oxygen atoms in total. The third kappa shape index (κ3) is 4.73. The Morgan fingerprint density at radius 1 is 1.16 bits per heavy atom. The van der Waals surface area contributed by atoms with Gasteiger partial charge in [0.15, 0.2) is 0 Å². The molecule has 0 aliphatic rings. The third-order valence-electron chi connectivity index (χ3n) is 3.01. The van der Waals surface area contributed by atoms with Gasteiger partial charge in [-0.2, -0.15) is 0 Å². The molecule has 19 heavy (non-hydrogen) atoms. The Labute approximate surface area is 113 Å². The second-order valence-corrected chi connectivity index (χ2v) is 5.73. The average molecular weight is 263 g/mol. The van der Waals surface area contributed by atoms with Gasteiger partial charge in [-0.25, -0.2) is 0 Å². The Hall–Kier alpha value is -1.84. The molecule has 0 aliphatic carbocycles. The summed E-state index contributed by atoms with van der Waals surface area (Å²) >= 11 is 0. The first-order valence-electron chi connectivity index (χ1n) is 6.29. The quantitative estimate of drug-likeness (QED) is 0.857. The lowest BCUT2D eigenvalue weighted by atomic mass is 9.85. The summed E-state index contributed by atoms with van der Waals surface area (Å²) in [5, 5.41) is 11.7. The largest absolute Gasteiger partial charge is 0.481 e. The number of benzene rings is 1. The predicted molar refractivity (Wildman–Crippen MR) is 75.2 cm³/mol. The van der Waals surface area contributed by atoms with E-state index in [1.54, 1.807) is 13.8 Å². The zero-order valence-corrected chi connectivity index (χ0v) is 11.9. The van der Waals surface area contributed by atoms with Crippen molar-refractivity contribution in [2.24, 2.45) is 5.41 Å². The highest BCUT2D eigenvalue weighted by Gasteiger charge is 2.25. The van der Waals surface area contributed by atoms with Gasteiger partial charge >= 0.3 is 5.97 Å². The monoisotopic (exact) mass is 263 g/mol. The maximum atomic E-state index is 12.0. The van der Waals surface area contributed by atoms with E-state index in [1.807, 2.05) is 32.0 Å². The highest BCUT2D eigenvalue weighted by Crippen LogP contribution is 2.27. The first kappa shape index (κ1) is 15.2. The van der Waals surface area contributed by atoms with Gasteiger partial charge in [0.05, 0.1) is 6.42 Å². The Balaban J connectivity index is 2.73. The minimum atomic E-state index is -0.884. The van der Waals surface area contributed by atoms with Crippen LogP contribution in [-0.2, 0) is 9.59 Å². The second-order valence-electron chi connectivity index (χ2n) is 5.73. The molecule has 0 fully saturated rings. The summed E-state index contributed by atoms with van der Waals surface area (Å²) in [5.41, 5.74) is 2.28. The van der Waals surface area contributed by atoms with Crippen molar-refractivity contribution >= 4 is 17.6 Å². The van der Waals surface area contributed by atoms with Gasteiger partial charge in [-0.05, 0) is 30.4 Å². The summed E-state index contributed by atoms with van der Waals surface area (Å²) < 4.78 is 0. The van der Waals surface area contributed by atoms with Gasteiger partial charge in [0, 0.05) is 12.1 Å². The van der Waals surface area contributed by atoms with Crippen LogP contribution in [0.1, 0.15) is 37.8 Å². The summed E-state index contributed by atoms with van der Waals surface area (Å²) in [7, 11) is 0. The molecule has 0 bridgehead atoms. The van der Waals surface area contributed by atoms with Crippen LogP contribution < -0.4 is 5.32 Å². The van der Waals surface area contributed by atoms with Crippen LogP contribution in [-0.4, -0.2) is 17.0 Å². The first-order chi connectivity index (χ1) is 8.71. The number of carboxylic acid groups (broad SMARTS) is 1. The minimum Gasteiger partial charge on any atom is -0.481 e. The van der Waals surface area contributed by atoms with Crippen LogP contribution in [0.15, 0.2) is 18.2 Å². The zero-order valence-electron chi connectivity index (χ0n) is 11.9. The molecule has 1 amide bonds. The summed E-state index contributed by atoms with van der Waals surface area (Å²) in [5.74, 6) is -1.03. The maximum Gasteiger partial charge on any atom is 0.303 e. The number of aryl methyl sites for hydroxylation is 2. The van der Waals surface area contributed by atoms with Crippen molar-refractivity contribution in [1.29, 1.82) is 0 Å². The highest BCUT2D eigenvalue weighted by atomic mass is 16.4. The second kappa shape index (κ2) is 5.87. The fourth-order valence-electron chi connectivity index (χ4n) is 2.10. The fourth-order valence-corrected chi connectivity index (χ4v) is 2.10. The molecule has 0 aliphatic heterocycles. The normalized spacial score (nSPS) is 11.2. The summed E-state index contributed by atoms with van der Waals surface area (Å²) in [4.78, 5) is 22.7. The number of para-hydroxylation sites is 1. The average Bonchev–Trinajstić information content (AvgIpc) is 2.20. The van der Waals surface area contributed by atoms with Gasteiger partial charge in [0.2, 0.25) is 5.91 Å². The van der Waals surface area contributed by atoms with Gasteiger partial charge in [-0.1, -0.05) is 32.0 Å². The summed E-state index contributed by atoms with van der Waals surface area (Å²) in [6, 6.07) is 5.81. The molecule has 2 N–H and O–H groups in total. The van der Waals surface area contributed by atoms with E-state index in [0.717, 1.165) is 16.8 Å². The van der Waals surface area contributed by atoms with Crippen LogP contribution in [0, 0.1) is 19.3 Å². The summed E-state index contributed by atoms with van der Waals surface area (Å²) in [6.45, 7) is 7.44. The molecular formula is C15H21NO3. The van der Waals surface area contributed by atoms with Crippen LogP contribution in [0.4, 0.5) is 5.69 Å². The third-order valence-corrected chi connectivity index (χ3v) is 3.01. The lowest BCUT2D eigenvalue weighted by Gasteiger charge is -2.22. The van der Waals surface area contributed by atoms with Crippen LogP contribution in [0.5, 0.6) is 0 Å². The van der Waals surface area contributed by atoms with E-state index in [4.69, 9.17) is 5.11 Å². The molecule has 0 saturated carbocycles. The van der Waals surface area contributed by atoms with Crippen LogP contribution in [0.2, 0.25) is 0 Å². The van der Waals surface area contributed by atoms with Gasteiger partial charge < -0.3 is 10.4 Å². The van der Waals surface area contributed by atoms with Crippen molar-refractivity contribution < 1.29 is 14.7 Å². The van der Waals surface area contributed by atoms with Gasteiger partial charge in [0.1, 0.15) is 0 Å². The molecule has 1 aromatic rings. The van der Waals surface area contributed by atoms with Crippen molar-refractivity contribution in [3.05, 3.63) is 29.3 Å². The molecular weight excluding hydrogens is 242 g/mol. The molecule has 0 unspecified atom stereocenters. The zero-order chi connectivity index (χ0) is 14.6. The minimum absolute atomic E-state index is 0.0207. The molecule has 1 rings (SSSR count). The number of carbonyl (C=O) groups excluding carboxylic acids is 1. The Morgan fingerprint density at radius 3 is 2.16 bits per heavy atom. The molecule has 0 saturated heterocycles. The van der Waals surface area contributed by atoms with Crippen molar-refractivity contribution in [3.63, 3.8) is 0 Å². The van der Waals surface area contributed by atoms with Crippen molar-refractivity contribution in [2.75, 3.05) is 5.32 Å². The van der Waals surface area contributed by atoms with E-state index < -0.39 is 11.4 Å². The van der Waals surface area contributed by atoms with Gasteiger partial charge in [-0.3, -0.25) is 9.59 Å². The highest BCUT2D eigenvalue weighted by molar-refractivity contribution is 5.93. The number of carboxylic acids is 1. The van der Waals surface area contributed by atoms with Gasteiger partial charge in [0.25, 0.3) is 0 Å². The van der Waals surface area contributed by atoms with Crippen molar-refractivity contribution in [3.8, 4) is 0 Å². The standard InChI is InChI=1S/C15H21NO3/c1-10-6-5-7-11(2)14(10)16-12(17)8-15(3,4)9-13(18)19/h5-7H,8-9H2,1-4H3,(H,16,17)(H,18,19). The van der Waals surface area contributed by atoms with Crippen LogP contribution in [0.25, 0.3) is 0 Å². The molecule has 0 heterocycles. The lowest BCUT2D eigenvalue weighted by molar-refractivity contribution is -0.139. The van der Waals surface area contributed by atoms with E-state index in [0.29, 0.717) is 0 Å². The number of nitrogens with one attached hydrogen (secondary N) is 1. The van der Waals surface area contributed by atoms with E-state index >= 15 is 0 Å². The van der Waals surface area contributed by atoms with E-state index in [1.165, 1.54) is 0 Å². The smallest absolute Gasteiger partial charge is 0.303 e. The lowest BCUT2D eigenvalue weighted by Crippen LogP contribution is -2.25. The molecule has 4 heteroatoms. The van der Waals surface area contributed by atoms with Crippen LogP contribution >= 0.6 is 0 Å². The topological polar surface area (TPSA) is 66.4 Å². The molecule has 0 atom stereocenters. The number of amides is 1. The number of hydrogen-bond acceptors (Lipinski definition) is 2. The van der Waals surface area contributed by atoms with Crippen molar-refractivity contribution in [1.82, 2.24) is 0 Å². The SMILES string of the molecule is Cc1cccc(C)c1NC(=O)CC(C)(C)CC(=O)O. The number of hydrogen-bond donors (Lipinski definition) is 2. The summed E-state index contributed by atoms with van der Waals surface area (Å²) in [6.07, 6.45) is 0.167. The number of anilines is 1. The predicted octanol–water partition coefficient (Wildman–Crippen LogP) is 3.13. The molecule has 0 spiro atoms. The number of carbonyl (C=O) groups is 2. The number of rotatable bonds is 5. The van der Waals surface area contributed by atoms with Crippen LogP contribution in [0.3, 0.4) is 0 Å². The number of aliphatic carboxylic acids is 1.